The summed E-state index contributed by atoms with van der Waals surface area (Å²) in [5.74, 6) is 0. The summed E-state index contributed by atoms with van der Waals surface area (Å²) >= 11 is 0. The number of hydrogen-bond acceptors (Lipinski definition) is 7. The zero-order valence-corrected chi connectivity index (χ0v) is 13.4. The van der Waals surface area contributed by atoms with Gasteiger partial charge in [-0.05, 0) is 24.3 Å². The second-order valence-corrected chi connectivity index (χ2v) is 6.74. The second kappa shape index (κ2) is 6.20. The Morgan fingerprint density at radius 1 is 0.958 bits per heavy atom. The van der Waals surface area contributed by atoms with Gasteiger partial charge < -0.3 is 14.6 Å². The van der Waals surface area contributed by atoms with Crippen LogP contribution >= 0.6 is 0 Å². The summed E-state index contributed by atoms with van der Waals surface area (Å²) in [6.07, 6.45) is 3.82. The normalized spacial score (nSPS) is 11.2. The van der Waals surface area contributed by atoms with Crippen LogP contribution in [-0.2, 0) is 10.0 Å². The molecule has 124 valence electrons. The Morgan fingerprint density at radius 2 is 1.54 bits per heavy atom. The van der Waals surface area contributed by atoms with Gasteiger partial charge in [0.15, 0.2) is 24.0 Å². The standard InChI is InChI=1S/C8H8N2O3S.C7H6N2O/c1-14(11,12)10-6-2-3-7-8(4-6)13-5-9-7;8-5-1-2-6-7(3-5)10-4-9-6/h2-5,10H,1H3;1-4H,8H2. The van der Waals surface area contributed by atoms with Crippen LogP contribution in [0.25, 0.3) is 22.2 Å². The number of benzene rings is 2. The minimum Gasteiger partial charge on any atom is -0.443 e. The Labute approximate surface area is 137 Å². The van der Waals surface area contributed by atoms with E-state index in [0.717, 1.165) is 17.4 Å². The molecule has 0 spiro atoms. The van der Waals surface area contributed by atoms with E-state index < -0.39 is 10.0 Å². The van der Waals surface area contributed by atoms with Crippen molar-refractivity contribution in [2.75, 3.05) is 16.7 Å². The number of hydrogen-bond donors (Lipinski definition) is 2. The molecular weight excluding hydrogens is 332 g/mol. The van der Waals surface area contributed by atoms with E-state index in [1.807, 2.05) is 6.07 Å². The number of oxazole rings is 2. The molecule has 24 heavy (non-hydrogen) atoms. The van der Waals surface area contributed by atoms with Crippen molar-refractivity contribution in [1.29, 1.82) is 0 Å². The number of aromatic nitrogens is 2. The van der Waals surface area contributed by atoms with Gasteiger partial charge in [-0.15, -0.1) is 0 Å². The molecule has 0 fully saturated rings. The van der Waals surface area contributed by atoms with Crippen LogP contribution in [0.1, 0.15) is 0 Å². The number of anilines is 2. The van der Waals surface area contributed by atoms with Gasteiger partial charge in [0, 0.05) is 17.8 Å². The van der Waals surface area contributed by atoms with Crippen molar-refractivity contribution in [1.82, 2.24) is 9.97 Å². The zero-order chi connectivity index (χ0) is 17.2. The van der Waals surface area contributed by atoms with Crippen LogP contribution in [0.15, 0.2) is 58.0 Å². The fraction of sp³-hybridized carbons (Fsp3) is 0.0667. The topological polar surface area (TPSA) is 124 Å². The van der Waals surface area contributed by atoms with Gasteiger partial charge in [-0.1, -0.05) is 0 Å². The number of rotatable bonds is 2. The maximum atomic E-state index is 10.9. The molecule has 0 aliphatic rings. The third kappa shape index (κ3) is 3.82. The molecule has 0 aliphatic heterocycles. The summed E-state index contributed by atoms with van der Waals surface area (Å²) in [4.78, 5) is 7.85. The summed E-state index contributed by atoms with van der Waals surface area (Å²) in [7, 11) is -3.24. The molecule has 0 bridgehead atoms. The summed E-state index contributed by atoms with van der Waals surface area (Å²) in [5.41, 5.74) is 9.49. The Hall–Kier alpha value is -3.07. The lowest BCUT2D eigenvalue weighted by Crippen LogP contribution is -2.09. The van der Waals surface area contributed by atoms with Crippen LogP contribution < -0.4 is 10.5 Å². The van der Waals surface area contributed by atoms with Crippen LogP contribution in [0, 0.1) is 0 Å². The molecule has 2 aromatic heterocycles. The Bertz CT molecular complexity index is 1080. The van der Waals surface area contributed by atoms with Gasteiger partial charge in [0.2, 0.25) is 10.0 Å². The van der Waals surface area contributed by atoms with Crippen molar-refractivity contribution >= 4 is 43.6 Å². The highest BCUT2D eigenvalue weighted by atomic mass is 32.2. The van der Waals surface area contributed by atoms with Crippen molar-refractivity contribution < 1.29 is 17.3 Å². The largest absolute Gasteiger partial charge is 0.443 e. The van der Waals surface area contributed by atoms with Crippen molar-refractivity contribution in [2.24, 2.45) is 0 Å². The molecule has 3 N–H and O–H groups in total. The molecule has 0 radical (unpaired) electrons. The van der Waals surface area contributed by atoms with Gasteiger partial charge in [-0.2, -0.15) is 0 Å². The Kier molecular flexibility index (Phi) is 4.09. The van der Waals surface area contributed by atoms with Crippen molar-refractivity contribution in [3.05, 3.63) is 49.2 Å². The molecule has 0 atom stereocenters. The van der Waals surface area contributed by atoms with E-state index in [0.29, 0.717) is 22.5 Å². The Balaban J connectivity index is 0.000000149. The van der Waals surface area contributed by atoms with E-state index in [9.17, 15) is 8.42 Å². The summed E-state index contributed by atoms with van der Waals surface area (Å²) in [6.45, 7) is 0. The maximum Gasteiger partial charge on any atom is 0.229 e. The number of nitrogen functional groups attached to an aromatic ring is 1. The zero-order valence-electron chi connectivity index (χ0n) is 12.6. The van der Waals surface area contributed by atoms with Crippen LogP contribution in [0.4, 0.5) is 11.4 Å². The minimum atomic E-state index is -3.24. The molecule has 0 amide bonds. The molecule has 2 heterocycles. The molecule has 4 aromatic rings. The predicted octanol–water partition coefficient (Wildman–Crippen LogP) is 2.61. The van der Waals surface area contributed by atoms with Crippen molar-refractivity contribution in [3.8, 4) is 0 Å². The number of nitrogens with two attached hydrogens (primary N) is 1. The van der Waals surface area contributed by atoms with E-state index in [1.54, 1.807) is 30.3 Å². The molecule has 0 saturated carbocycles. The van der Waals surface area contributed by atoms with Crippen molar-refractivity contribution in [2.45, 2.75) is 0 Å². The first-order chi connectivity index (χ1) is 11.4. The Morgan fingerprint density at radius 3 is 2.17 bits per heavy atom. The molecule has 4 rings (SSSR count). The molecule has 8 nitrogen and oxygen atoms in total. The number of fused-ring (bicyclic) bond motifs is 2. The average Bonchev–Trinajstić information content (AvgIpc) is 3.13. The summed E-state index contributed by atoms with van der Waals surface area (Å²) in [6, 6.07) is 10.3. The van der Waals surface area contributed by atoms with Gasteiger partial charge >= 0.3 is 0 Å². The van der Waals surface area contributed by atoms with Crippen LogP contribution in [-0.4, -0.2) is 24.6 Å². The summed E-state index contributed by atoms with van der Waals surface area (Å²) < 4.78 is 34.2. The first kappa shape index (κ1) is 15.8. The smallest absolute Gasteiger partial charge is 0.229 e. The van der Waals surface area contributed by atoms with Gasteiger partial charge in [0.25, 0.3) is 0 Å². The lowest BCUT2D eigenvalue weighted by atomic mass is 10.3. The molecule has 0 aliphatic carbocycles. The quantitative estimate of drug-likeness (QED) is 0.534. The summed E-state index contributed by atoms with van der Waals surface area (Å²) in [5, 5.41) is 0. The molecular formula is C15H14N4O4S. The highest BCUT2D eigenvalue weighted by Gasteiger charge is 2.04. The third-order valence-corrected chi connectivity index (χ3v) is 3.60. The van der Waals surface area contributed by atoms with E-state index in [2.05, 4.69) is 14.7 Å². The SMILES string of the molecule is CS(=O)(=O)Nc1ccc2ncoc2c1.Nc1ccc2ncoc2c1. The highest BCUT2D eigenvalue weighted by molar-refractivity contribution is 7.92. The molecule has 9 heteroatoms. The first-order valence-corrected chi connectivity index (χ1v) is 8.70. The van der Waals surface area contributed by atoms with Gasteiger partial charge in [0.1, 0.15) is 11.0 Å². The van der Waals surface area contributed by atoms with Crippen LogP contribution in [0.2, 0.25) is 0 Å². The van der Waals surface area contributed by atoms with E-state index in [-0.39, 0.29) is 0 Å². The van der Waals surface area contributed by atoms with Crippen molar-refractivity contribution in [3.63, 3.8) is 0 Å². The monoisotopic (exact) mass is 346 g/mol. The number of nitrogens with one attached hydrogen (secondary N) is 1. The second-order valence-electron chi connectivity index (χ2n) is 4.99. The molecule has 0 saturated heterocycles. The minimum absolute atomic E-state index is 0.469. The predicted molar refractivity (Wildman–Crippen MR) is 90.9 cm³/mol. The lowest BCUT2D eigenvalue weighted by molar-refractivity contribution is 0.602. The lowest BCUT2D eigenvalue weighted by Gasteiger charge is -2.01. The maximum absolute atomic E-state index is 10.9. The number of sulfonamides is 1. The van der Waals surface area contributed by atoms with Gasteiger partial charge in [0.05, 0.1) is 11.9 Å². The average molecular weight is 346 g/mol. The van der Waals surface area contributed by atoms with Crippen LogP contribution in [0.3, 0.4) is 0 Å². The van der Waals surface area contributed by atoms with E-state index >= 15 is 0 Å². The number of nitrogens with zero attached hydrogens (tertiary/aromatic N) is 2. The fourth-order valence-electron chi connectivity index (χ4n) is 2.00. The first-order valence-electron chi connectivity index (χ1n) is 6.80. The molecule has 2 aromatic carbocycles. The van der Waals surface area contributed by atoms with E-state index in [4.69, 9.17) is 14.6 Å². The fourth-order valence-corrected chi connectivity index (χ4v) is 2.56. The van der Waals surface area contributed by atoms with E-state index in [1.165, 1.54) is 12.8 Å². The third-order valence-electron chi connectivity index (χ3n) is 2.99. The van der Waals surface area contributed by atoms with Gasteiger partial charge in [-0.3, -0.25) is 4.72 Å². The molecule has 0 unspecified atom stereocenters. The highest BCUT2D eigenvalue weighted by Crippen LogP contribution is 2.18. The van der Waals surface area contributed by atoms with Crippen LogP contribution in [0.5, 0.6) is 0 Å². The van der Waals surface area contributed by atoms with Gasteiger partial charge in [-0.25, -0.2) is 18.4 Å².